The molecule has 0 spiro atoms. The number of rotatable bonds is 6. The van der Waals surface area contributed by atoms with Gasteiger partial charge in [0.25, 0.3) is 5.89 Å². The van der Waals surface area contributed by atoms with Gasteiger partial charge in [-0.3, -0.25) is 0 Å². The molecule has 1 saturated carbocycles. The van der Waals surface area contributed by atoms with Gasteiger partial charge in [-0.1, -0.05) is 5.10 Å². The van der Waals surface area contributed by atoms with E-state index in [1.54, 1.807) is 6.92 Å². The average molecular weight is 505 g/mol. The first-order valence-electron chi connectivity index (χ1n) is 10.7. The fourth-order valence-electron chi connectivity index (χ4n) is 3.93. The van der Waals surface area contributed by atoms with E-state index in [-0.39, 0.29) is 40.2 Å². The molecule has 35 heavy (non-hydrogen) atoms. The molecule has 2 heterocycles. The smallest absolute Gasteiger partial charge is 0.403 e. The molecule has 2 aromatic heterocycles. The highest BCUT2D eigenvalue weighted by Crippen LogP contribution is 2.36. The molecule has 0 aliphatic heterocycles. The zero-order valence-corrected chi connectivity index (χ0v) is 18.3. The third-order valence-corrected chi connectivity index (χ3v) is 5.42. The molecule has 190 valence electrons. The lowest BCUT2D eigenvalue weighted by molar-refractivity contribution is -0.274. The highest BCUT2D eigenvalue weighted by Gasteiger charge is 2.33. The number of halogens is 6. The number of nitrogens with zero attached hydrogens (tertiary/aromatic N) is 3. The minimum atomic E-state index is -5.10. The number of aromatic nitrogens is 3. The maximum atomic E-state index is 13.0. The van der Waals surface area contributed by atoms with Gasteiger partial charge in [-0.2, -0.15) is 13.2 Å². The number of pyridine rings is 1. The standard InChI is InChI=1S/C21H21F6N5O3/c1-10-5-15(18-31-32-19(34-18)29-11-3-2-4-13(33)6-11)30-17-14(10)7-12(28-9-20(22,23)24)8-16(17)35-21(25,26)27/h5,7-8,11,13,28,33H,2-4,6,9H2,1H3,(H,29,32). The van der Waals surface area contributed by atoms with Crippen molar-refractivity contribution in [2.75, 3.05) is 17.2 Å². The molecule has 2 unspecified atom stereocenters. The molecular weight excluding hydrogens is 484 g/mol. The minimum Gasteiger partial charge on any atom is -0.403 e. The van der Waals surface area contributed by atoms with E-state index in [4.69, 9.17) is 4.42 Å². The first-order valence-corrected chi connectivity index (χ1v) is 10.7. The summed E-state index contributed by atoms with van der Waals surface area (Å²) in [4.78, 5) is 4.17. The molecule has 8 nitrogen and oxygen atoms in total. The van der Waals surface area contributed by atoms with Gasteiger partial charge in [0, 0.05) is 23.2 Å². The number of hydrogen-bond donors (Lipinski definition) is 3. The molecule has 3 N–H and O–H groups in total. The summed E-state index contributed by atoms with van der Waals surface area (Å²) < 4.78 is 86.5. The molecule has 2 atom stereocenters. The normalized spacial score (nSPS) is 19.1. The van der Waals surface area contributed by atoms with Crippen LogP contribution in [0.4, 0.5) is 38.0 Å². The van der Waals surface area contributed by atoms with Crippen molar-refractivity contribution in [2.45, 2.75) is 57.3 Å². The van der Waals surface area contributed by atoms with Crippen LogP contribution in [0.1, 0.15) is 31.2 Å². The summed E-state index contributed by atoms with van der Waals surface area (Å²) in [6.07, 6.45) is -7.27. The van der Waals surface area contributed by atoms with Gasteiger partial charge in [-0.05, 0) is 50.3 Å². The lowest BCUT2D eigenvalue weighted by Gasteiger charge is -2.25. The Labute approximate surface area is 194 Å². The molecule has 1 fully saturated rings. The molecule has 1 aliphatic carbocycles. The SMILES string of the molecule is Cc1cc(-c2nnc(NC3CCCC(O)C3)o2)nc2c(OC(F)(F)F)cc(NCC(F)(F)F)cc12. The number of aliphatic hydroxyl groups is 1. The number of nitrogens with one attached hydrogen (secondary N) is 2. The number of alkyl halides is 6. The number of anilines is 2. The Morgan fingerprint density at radius 2 is 1.89 bits per heavy atom. The van der Waals surface area contributed by atoms with Gasteiger partial charge in [-0.25, -0.2) is 4.98 Å². The summed E-state index contributed by atoms with van der Waals surface area (Å²) in [5.74, 6) is -0.857. The van der Waals surface area contributed by atoms with Crippen LogP contribution in [0.25, 0.3) is 22.5 Å². The second kappa shape index (κ2) is 9.40. The molecule has 1 aliphatic rings. The van der Waals surface area contributed by atoms with Crippen molar-refractivity contribution in [1.29, 1.82) is 0 Å². The van der Waals surface area contributed by atoms with Gasteiger partial charge in [0.2, 0.25) is 0 Å². The molecule has 4 rings (SSSR count). The van der Waals surface area contributed by atoms with E-state index >= 15 is 0 Å². The Morgan fingerprint density at radius 1 is 1.11 bits per heavy atom. The Balaban J connectivity index is 1.67. The fourth-order valence-corrected chi connectivity index (χ4v) is 3.93. The van der Waals surface area contributed by atoms with Crippen molar-refractivity contribution in [3.63, 3.8) is 0 Å². The van der Waals surface area contributed by atoms with Crippen molar-refractivity contribution in [3.05, 3.63) is 23.8 Å². The lowest BCUT2D eigenvalue weighted by Crippen LogP contribution is -2.29. The van der Waals surface area contributed by atoms with Crippen LogP contribution in [0.15, 0.2) is 22.6 Å². The largest absolute Gasteiger partial charge is 0.573 e. The molecule has 0 saturated heterocycles. The highest BCUT2D eigenvalue weighted by molar-refractivity contribution is 5.92. The second-order valence-electron chi connectivity index (χ2n) is 8.29. The summed E-state index contributed by atoms with van der Waals surface area (Å²) >= 11 is 0. The molecule has 0 bridgehead atoms. The van der Waals surface area contributed by atoms with Crippen LogP contribution in [-0.2, 0) is 0 Å². The lowest BCUT2D eigenvalue weighted by atomic mass is 9.93. The van der Waals surface area contributed by atoms with Gasteiger partial charge in [0.15, 0.2) is 5.75 Å². The fraction of sp³-hybridized carbons (Fsp3) is 0.476. The van der Waals surface area contributed by atoms with E-state index in [0.29, 0.717) is 18.4 Å². The predicted molar refractivity (Wildman–Crippen MR) is 113 cm³/mol. The van der Waals surface area contributed by atoms with Gasteiger partial charge in [-0.15, -0.1) is 18.3 Å². The van der Waals surface area contributed by atoms with E-state index in [1.807, 2.05) is 0 Å². The van der Waals surface area contributed by atoms with Crippen LogP contribution in [0.2, 0.25) is 0 Å². The first-order chi connectivity index (χ1) is 16.4. The minimum absolute atomic E-state index is 0.0576. The van der Waals surface area contributed by atoms with Crippen molar-refractivity contribution in [2.24, 2.45) is 0 Å². The van der Waals surface area contributed by atoms with Gasteiger partial charge in [0.05, 0.1) is 6.10 Å². The van der Waals surface area contributed by atoms with Crippen LogP contribution >= 0.6 is 0 Å². The zero-order valence-electron chi connectivity index (χ0n) is 18.3. The number of aliphatic hydroxyl groups excluding tert-OH is 1. The van der Waals surface area contributed by atoms with E-state index in [9.17, 15) is 31.4 Å². The monoisotopic (exact) mass is 505 g/mol. The van der Waals surface area contributed by atoms with Crippen molar-refractivity contribution in [1.82, 2.24) is 15.2 Å². The number of aryl methyl sites for hydroxylation is 1. The number of ether oxygens (including phenoxy) is 1. The van der Waals surface area contributed by atoms with Crippen LogP contribution in [0.5, 0.6) is 5.75 Å². The quantitative estimate of drug-likeness (QED) is 0.394. The van der Waals surface area contributed by atoms with E-state index in [2.05, 4.69) is 30.6 Å². The Morgan fingerprint density at radius 3 is 2.57 bits per heavy atom. The summed E-state index contributed by atoms with van der Waals surface area (Å²) in [6.45, 7) is 0.113. The summed E-state index contributed by atoms with van der Waals surface area (Å²) in [5.41, 5.74) is 0.00159. The average Bonchev–Trinajstić information content (AvgIpc) is 3.19. The van der Waals surface area contributed by atoms with Crippen LogP contribution < -0.4 is 15.4 Å². The van der Waals surface area contributed by atoms with E-state index in [0.717, 1.165) is 18.9 Å². The Kier molecular flexibility index (Phi) is 6.66. The van der Waals surface area contributed by atoms with Crippen LogP contribution in [-0.4, -0.2) is 51.5 Å². The third-order valence-electron chi connectivity index (χ3n) is 5.42. The maximum absolute atomic E-state index is 13.0. The molecule has 3 aromatic rings. The Bertz CT molecular complexity index is 1200. The van der Waals surface area contributed by atoms with Crippen LogP contribution in [0, 0.1) is 6.92 Å². The number of benzene rings is 1. The topological polar surface area (TPSA) is 105 Å². The zero-order chi connectivity index (χ0) is 25.4. The van der Waals surface area contributed by atoms with E-state index in [1.165, 1.54) is 12.1 Å². The van der Waals surface area contributed by atoms with E-state index < -0.39 is 30.9 Å². The van der Waals surface area contributed by atoms with Crippen molar-refractivity contribution in [3.8, 4) is 17.3 Å². The molecule has 14 heteroatoms. The Hall–Kier alpha value is -3.29. The third kappa shape index (κ3) is 6.44. The first kappa shape index (κ1) is 24.8. The van der Waals surface area contributed by atoms with Gasteiger partial charge >= 0.3 is 18.6 Å². The number of hydrogen-bond acceptors (Lipinski definition) is 8. The number of fused-ring (bicyclic) bond motifs is 1. The maximum Gasteiger partial charge on any atom is 0.573 e. The van der Waals surface area contributed by atoms with Gasteiger partial charge in [0.1, 0.15) is 17.8 Å². The van der Waals surface area contributed by atoms with Crippen LogP contribution in [0.3, 0.4) is 0 Å². The van der Waals surface area contributed by atoms with Crippen molar-refractivity contribution < 1.29 is 40.6 Å². The molecular formula is C21H21F6N5O3. The van der Waals surface area contributed by atoms with Crippen molar-refractivity contribution >= 4 is 22.6 Å². The predicted octanol–water partition coefficient (Wildman–Crippen LogP) is 5.18. The van der Waals surface area contributed by atoms with Gasteiger partial charge < -0.3 is 24.9 Å². The molecule has 0 amide bonds. The molecule has 0 radical (unpaired) electrons. The summed E-state index contributed by atoms with van der Waals surface area (Å²) in [6, 6.07) is 3.51. The second-order valence-corrected chi connectivity index (χ2v) is 8.29. The summed E-state index contributed by atoms with van der Waals surface area (Å²) in [5, 5.41) is 22.8. The highest BCUT2D eigenvalue weighted by atomic mass is 19.4. The molecule has 1 aromatic carbocycles. The summed E-state index contributed by atoms with van der Waals surface area (Å²) in [7, 11) is 0.